The van der Waals surface area contributed by atoms with Crippen molar-refractivity contribution in [2.45, 2.75) is 84.9 Å². The molecule has 2 rings (SSSR count). The first-order chi connectivity index (χ1) is 14.8. The van der Waals surface area contributed by atoms with Crippen molar-refractivity contribution >= 4 is 23.7 Å². The molecule has 0 aromatic rings. The third kappa shape index (κ3) is 5.35. The summed E-state index contributed by atoms with van der Waals surface area (Å²) in [6, 6.07) is 0. The molecule has 1 heterocycles. The quantitative estimate of drug-likeness (QED) is 0.183. The predicted octanol–water partition coefficient (Wildman–Crippen LogP) is 3.00. The molecule has 0 bridgehead atoms. The van der Waals surface area contributed by atoms with Crippen LogP contribution in [0.25, 0.3) is 0 Å². The van der Waals surface area contributed by atoms with Crippen LogP contribution in [0.2, 0.25) is 0 Å². The molecular weight excluding hydrogens is 416 g/mol. The highest BCUT2D eigenvalue weighted by atomic mass is 16.7. The first kappa shape index (κ1) is 25.5. The van der Waals surface area contributed by atoms with Crippen LogP contribution in [0.5, 0.6) is 0 Å². The Morgan fingerprint density at radius 2 is 1.72 bits per heavy atom. The van der Waals surface area contributed by atoms with Gasteiger partial charge in [0.05, 0.1) is 5.92 Å². The molecule has 8 heteroatoms. The van der Waals surface area contributed by atoms with E-state index in [4.69, 9.17) is 18.9 Å². The van der Waals surface area contributed by atoms with E-state index in [1.807, 2.05) is 19.9 Å². The summed E-state index contributed by atoms with van der Waals surface area (Å²) < 4.78 is 22.2. The maximum Gasteiger partial charge on any atom is 0.333 e. The topological polar surface area (TPSA) is 109 Å². The van der Waals surface area contributed by atoms with Crippen molar-refractivity contribution < 1.29 is 38.1 Å². The Kier molecular flexibility index (Phi) is 7.83. The Balaban J connectivity index is 2.49. The molecule has 1 saturated heterocycles. The van der Waals surface area contributed by atoms with Gasteiger partial charge in [0, 0.05) is 25.8 Å². The molecule has 0 radical (unpaired) electrons. The molecule has 6 atom stereocenters. The van der Waals surface area contributed by atoms with E-state index in [1.54, 1.807) is 26.8 Å². The van der Waals surface area contributed by atoms with Crippen molar-refractivity contribution in [1.82, 2.24) is 0 Å². The van der Waals surface area contributed by atoms with Crippen LogP contribution in [0, 0.1) is 5.92 Å². The number of epoxide rings is 1. The number of fused-ring (bicyclic) bond motifs is 1. The monoisotopic (exact) mass is 448 g/mol. The van der Waals surface area contributed by atoms with Gasteiger partial charge in [-0.05, 0) is 40.2 Å². The van der Waals surface area contributed by atoms with Crippen molar-refractivity contribution in [3.63, 3.8) is 0 Å². The first-order valence-corrected chi connectivity index (χ1v) is 10.6. The summed E-state index contributed by atoms with van der Waals surface area (Å²) in [5.74, 6) is -3.17. The van der Waals surface area contributed by atoms with Crippen molar-refractivity contribution in [2.24, 2.45) is 5.92 Å². The number of Topliss-reactive ketones (excluding diaryl/α,β-unsaturated/α-hetero) is 1. The molecule has 1 saturated carbocycles. The van der Waals surface area contributed by atoms with Gasteiger partial charge in [-0.1, -0.05) is 24.3 Å². The van der Waals surface area contributed by atoms with Gasteiger partial charge in [-0.3, -0.25) is 14.4 Å². The molecule has 0 aromatic heterocycles. The highest BCUT2D eigenvalue weighted by Crippen LogP contribution is 2.51. The lowest BCUT2D eigenvalue weighted by molar-refractivity contribution is -0.168. The summed E-state index contributed by atoms with van der Waals surface area (Å²) in [7, 11) is 0. The molecule has 0 amide bonds. The minimum atomic E-state index is -1.29. The molecule has 8 nitrogen and oxygen atoms in total. The lowest BCUT2D eigenvalue weighted by atomic mass is 9.72. The Morgan fingerprint density at radius 3 is 2.22 bits per heavy atom. The van der Waals surface area contributed by atoms with E-state index in [-0.39, 0.29) is 6.42 Å². The summed E-state index contributed by atoms with van der Waals surface area (Å²) in [5, 5.41) is 0. The summed E-state index contributed by atoms with van der Waals surface area (Å²) in [5.41, 5.74) is 0.492. The second-order valence-electron chi connectivity index (χ2n) is 8.60. The van der Waals surface area contributed by atoms with Crippen LogP contribution >= 0.6 is 0 Å². The van der Waals surface area contributed by atoms with Gasteiger partial charge in [0.25, 0.3) is 0 Å². The smallest absolute Gasteiger partial charge is 0.333 e. The summed E-state index contributed by atoms with van der Waals surface area (Å²) in [6.07, 6.45) is 0.0234. The van der Waals surface area contributed by atoms with Gasteiger partial charge in [0.1, 0.15) is 18.3 Å². The van der Waals surface area contributed by atoms with E-state index in [0.29, 0.717) is 11.1 Å². The zero-order valence-electron chi connectivity index (χ0n) is 19.7. The van der Waals surface area contributed by atoms with Crippen molar-refractivity contribution in [3.8, 4) is 0 Å². The number of ketones is 1. The van der Waals surface area contributed by atoms with Gasteiger partial charge in [-0.2, -0.15) is 0 Å². The van der Waals surface area contributed by atoms with Crippen LogP contribution < -0.4 is 0 Å². The van der Waals surface area contributed by atoms with E-state index in [0.717, 1.165) is 5.57 Å². The van der Waals surface area contributed by atoms with Crippen LogP contribution in [-0.2, 0) is 38.1 Å². The van der Waals surface area contributed by atoms with Gasteiger partial charge in [0.15, 0.2) is 11.7 Å². The number of hydrogen-bond acceptors (Lipinski definition) is 8. The second-order valence-corrected chi connectivity index (χ2v) is 8.60. The van der Waals surface area contributed by atoms with Crippen LogP contribution in [0.4, 0.5) is 0 Å². The highest BCUT2D eigenvalue weighted by molar-refractivity contribution is 5.97. The van der Waals surface area contributed by atoms with Crippen molar-refractivity contribution in [3.05, 3.63) is 35.5 Å². The molecule has 176 valence electrons. The molecule has 1 unspecified atom stereocenters. The first-order valence-electron chi connectivity index (χ1n) is 10.6. The number of carbonyl (C=O) groups excluding carboxylic acids is 4. The SMILES string of the molecule is C=C(C1[C@H](OC(C)=O)C(=O)[C@@]2(C)O[C@H]2[C@@H]1OC(C)=O)[C@H](CC=C(C)C)OC(=O)/C(C)=C\C. The largest absolute Gasteiger partial charge is 0.459 e. The van der Waals surface area contributed by atoms with Gasteiger partial charge < -0.3 is 18.9 Å². The number of hydrogen-bond donors (Lipinski definition) is 0. The summed E-state index contributed by atoms with van der Waals surface area (Å²) in [6.45, 7) is 15.2. The van der Waals surface area contributed by atoms with Gasteiger partial charge in [0.2, 0.25) is 5.78 Å². The molecule has 0 spiro atoms. The highest BCUT2D eigenvalue weighted by Gasteiger charge is 2.72. The average molecular weight is 449 g/mol. The zero-order chi connectivity index (χ0) is 24.4. The fraction of sp³-hybridized carbons (Fsp3) is 0.583. The lowest BCUT2D eigenvalue weighted by Gasteiger charge is -2.38. The zero-order valence-corrected chi connectivity index (χ0v) is 19.7. The number of rotatable bonds is 8. The third-order valence-corrected chi connectivity index (χ3v) is 5.76. The summed E-state index contributed by atoms with van der Waals surface area (Å²) in [4.78, 5) is 49.3. The Bertz CT molecular complexity index is 878. The van der Waals surface area contributed by atoms with Gasteiger partial charge >= 0.3 is 17.9 Å². The van der Waals surface area contributed by atoms with Crippen LogP contribution in [0.15, 0.2) is 35.5 Å². The normalized spacial score (nSPS) is 29.8. The summed E-state index contributed by atoms with van der Waals surface area (Å²) >= 11 is 0. The number of carbonyl (C=O) groups is 4. The fourth-order valence-corrected chi connectivity index (χ4v) is 3.83. The molecular formula is C24H32O8. The van der Waals surface area contributed by atoms with E-state index < -0.39 is 59.6 Å². The molecule has 32 heavy (non-hydrogen) atoms. The third-order valence-electron chi connectivity index (χ3n) is 5.76. The Hall–Kier alpha value is -2.74. The molecule has 2 aliphatic rings. The minimum absolute atomic E-state index is 0.289. The molecule has 1 aliphatic carbocycles. The molecule has 1 aliphatic heterocycles. The van der Waals surface area contributed by atoms with Crippen LogP contribution in [0.3, 0.4) is 0 Å². The molecule has 0 N–H and O–H groups in total. The Labute approximate surface area is 188 Å². The Morgan fingerprint density at radius 1 is 1.12 bits per heavy atom. The maximum atomic E-state index is 13.1. The minimum Gasteiger partial charge on any atom is -0.459 e. The second kappa shape index (κ2) is 9.81. The average Bonchev–Trinajstić information content (AvgIpc) is 3.40. The standard InChI is InChI=1S/C24H32O8/c1-9-13(4)23(28)31-17(11-10-12(2)3)14(5)18-19(29-15(6)25)21(27)24(8)22(32-24)20(18)30-16(7)26/h9-10,17-20,22H,5,11H2,1-4,6-8H3/b13-9-/t17-,18?,19-,20+,22-,24+/m0/s1. The van der Waals surface area contributed by atoms with E-state index in [1.165, 1.54) is 13.8 Å². The van der Waals surface area contributed by atoms with E-state index in [2.05, 4.69) is 6.58 Å². The number of ether oxygens (including phenoxy) is 4. The van der Waals surface area contributed by atoms with Crippen LogP contribution in [0.1, 0.15) is 54.9 Å². The van der Waals surface area contributed by atoms with Crippen LogP contribution in [-0.4, -0.2) is 53.7 Å². The van der Waals surface area contributed by atoms with Crippen molar-refractivity contribution in [1.29, 1.82) is 0 Å². The van der Waals surface area contributed by atoms with E-state index in [9.17, 15) is 19.2 Å². The fourth-order valence-electron chi connectivity index (χ4n) is 3.83. The molecule has 0 aromatic carbocycles. The lowest BCUT2D eigenvalue weighted by Crippen LogP contribution is -2.56. The predicted molar refractivity (Wildman–Crippen MR) is 115 cm³/mol. The van der Waals surface area contributed by atoms with Gasteiger partial charge in [-0.15, -0.1) is 0 Å². The number of esters is 3. The van der Waals surface area contributed by atoms with Gasteiger partial charge in [-0.25, -0.2) is 4.79 Å². The maximum absolute atomic E-state index is 13.1. The van der Waals surface area contributed by atoms with Crippen molar-refractivity contribution in [2.75, 3.05) is 0 Å². The number of allylic oxidation sites excluding steroid dienone is 2. The molecule has 2 fully saturated rings. The van der Waals surface area contributed by atoms with E-state index >= 15 is 0 Å².